The van der Waals surface area contributed by atoms with Crippen LogP contribution in [0.2, 0.25) is 0 Å². The van der Waals surface area contributed by atoms with Gasteiger partial charge in [0.15, 0.2) is 0 Å². The number of benzene rings is 2. The zero-order chi connectivity index (χ0) is 17.5. The van der Waals surface area contributed by atoms with E-state index in [0.29, 0.717) is 5.69 Å². The second-order valence-corrected chi connectivity index (χ2v) is 8.75. The van der Waals surface area contributed by atoms with E-state index in [1.54, 1.807) is 6.21 Å². The third-order valence-electron chi connectivity index (χ3n) is 3.19. The van der Waals surface area contributed by atoms with Crippen molar-refractivity contribution in [2.75, 3.05) is 0 Å². The quantitative estimate of drug-likeness (QED) is 0.489. The summed E-state index contributed by atoms with van der Waals surface area (Å²) in [6, 6.07) is 13.8. The van der Waals surface area contributed by atoms with Gasteiger partial charge in [0.05, 0.1) is 0 Å². The van der Waals surface area contributed by atoms with Gasteiger partial charge in [0.25, 0.3) is 0 Å². The van der Waals surface area contributed by atoms with E-state index in [1.807, 2.05) is 49.4 Å². The first-order valence-corrected chi connectivity index (χ1v) is 11.5. The summed E-state index contributed by atoms with van der Waals surface area (Å²) >= 11 is -0.556. The molecule has 0 spiro atoms. The number of aryl methyl sites for hydroxylation is 1. The zero-order valence-corrected chi connectivity index (χ0v) is 16.8. The molecule has 122 valence electrons. The van der Waals surface area contributed by atoms with Crippen molar-refractivity contribution in [3.05, 3.63) is 59.2 Å². The van der Waals surface area contributed by atoms with E-state index in [9.17, 15) is 5.11 Å². The van der Waals surface area contributed by atoms with Gasteiger partial charge in [-0.3, -0.25) is 4.99 Å². The van der Waals surface area contributed by atoms with E-state index in [2.05, 4.69) is 25.8 Å². The molecule has 1 N–H and O–H groups in total. The van der Waals surface area contributed by atoms with Gasteiger partial charge in [0, 0.05) is 11.8 Å². The van der Waals surface area contributed by atoms with Gasteiger partial charge in [-0.05, 0) is 29.5 Å². The Morgan fingerprint density at radius 2 is 1.65 bits per heavy atom. The minimum absolute atomic E-state index is 0.104. The normalized spacial score (nSPS) is 11.0. The number of aliphatic imine (C=N–C) groups is 1. The fourth-order valence-electron chi connectivity index (χ4n) is 2.11. The van der Waals surface area contributed by atoms with Crippen LogP contribution in [-0.4, -0.2) is 11.3 Å². The van der Waals surface area contributed by atoms with Crippen molar-refractivity contribution in [2.24, 2.45) is 4.99 Å². The van der Waals surface area contributed by atoms with E-state index in [4.69, 9.17) is 18.6 Å². The molecule has 0 saturated carbocycles. The van der Waals surface area contributed by atoms with Crippen molar-refractivity contribution in [1.82, 2.24) is 0 Å². The van der Waals surface area contributed by atoms with Crippen LogP contribution in [0.5, 0.6) is 5.75 Å². The summed E-state index contributed by atoms with van der Waals surface area (Å²) in [7, 11) is 9.78. The number of halogens is 2. The van der Waals surface area contributed by atoms with Gasteiger partial charge in [-0.1, -0.05) is 57.2 Å². The summed E-state index contributed by atoms with van der Waals surface area (Å²) in [5.74, 6) is 0.273. The maximum absolute atomic E-state index is 10.4. The fraction of sp³-hybridized carbons (Fsp3) is 0.278. The van der Waals surface area contributed by atoms with E-state index in [1.165, 1.54) is 0 Å². The Balaban J connectivity index is 0.000000816. The molecule has 0 aliphatic rings. The first kappa shape index (κ1) is 20.2. The Morgan fingerprint density at radius 3 is 2.17 bits per heavy atom. The molecule has 0 fully saturated rings. The molecule has 0 aromatic heterocycles. The molecular weight excluding hydrogens is 365 g/mol. The van der Waals surface area contributed by atoms with Gasteiger partial charge in [-0.15, -0.1) is 0 Å². The van der Waals surface area contributed by atoms with Gasteiger partial charge in [0.1, 0.15) is 11.4 Å². The Bertz CT molecular complexity index is 652. The third-order valence-corrected chi connectivity index (χ3v) is 3.19. The minimum atomic E-state index is -0.556. The first-order valence-electron chi connectivity index (χ1n) is 7.19. The molecule has 2 rings (SSSR count). The predicted octanol–water partition coefficient (Wildman–Crippen LogP) is 6.13. The summed E-state index contributed by atoms with van der Waals surface area (Å²) in [6.45, 7) is 8.29. The molecule has 0 saturated heterocycles. The van der Waals surface area contributed by atoms with Crippen LogP contribution in [0.1, 0.15) is 37.5 Å². The molecule has 5 heteroatoms. The van der Waals surface area contributed by atoms with E-state index >= 15 is 0 Å². The second-order valence-electron chi connectivity index (χ2n) is 6.17. The molecular formula is C18H21Cl2NOTi. The molecule has 23 heavy (non-hydrogen) atoms. The average molecular weight is 386 g/mol. The van der Waals surface area contributed by atoms with Crippen molar-refractivity contribution in [3.8, 4) is 5.75 Å². The summed E-state index contributed by atoms with van der Waals surface area (Å²) in [5, 5.41) is 10.4. The van der Waals surface area contributed by atoms with Crippen molar-refractivity contribution in [1.29, 1.82) is 0 Å². The van der Waals surface area contributed by atoms with Crippen molar-refractivity contribution in [3.63, 3.8) is 0 Å². The summed E-state index contributed by atoms with van der Waals surface area (Å²) in [4.78, 5) is 4.44. The first-order chi connectivity index (χ1) is 10.8. The molecule has 0 bridgehead atoms. The molecule has 0 aliphatic carbocycles. The SMILES string of the molecule is Cc1cc(N=Cc2ccccc2)c(O)c(C(C)(C)C)c1.[Cl][Ti][Cl]. The molecule has 0 unspecified atom stereocenters. The van der Waals surface area contributed by atoms with Crippen LogP contribution in [0.4, 0.5) is 5.69 Å². The summed E-state index contributed by atoms with van der Waals surface area (Å²) in [5.41, 5.74) is 3.57. The molecule has 2 nitrogen and oxygen atoms in total. The predicted molar refractivity (Wildman–Crippen MR) is 96.9 cm³/mol. The van der Waals surface area contributed by atoms with Crippen molar-refractivity contribution < 1.29 is 22.1 Å². The zero-order valence-electron chi connectivity index (χ0n) is 13.8. The van der Waals surface area contributed by atoms with Crippen LogP contribution < -0.4 is 0 Å². The monoisotopic (exact) mass is 385 g/mol. The number of hydrogen-bond acceptors (Lipinski definition) is 2. The van der Waals surface area contributed by atoms with Crippen molar-refractivity contribution in [2.45, 2.75) is 33.1 Å². The van der Waals surface area contributed by atoms with Crippen molar-refractivity contribution >= 4 is 30.5 Å². The third kappa shape index (κ3) is 6.68. The molecule has 0 atom stereocenters. The Kier molecular flexibility index (Phi) is 8.35. The number of aromatic hydroxyl groups is 1. The summed E-state index contributed by atoms with van der Waals surface area (Å²) < 4.78 is 0. The van der Waals surface area contributed by atoms with Crippen LogP contribution in [0.25, 0.3) is 0 Å². The van der Waals surface area contributed by atoms with Gasteiger partial charge in [-0.2, -0.15) is 0 Å². The number of phenolic OH excluding ortho intramolecular Hbond substituents is 1. The second kappa shape index (κ2) is 9.49. The number of nitrogens with zero attached hydrogens (tertiary/aromatic N) is 1. The molecule has 0 radical (unpaired) electrons. The van der Waals surface area contributed by atoms with Gasteiger partial charge in [-0.25, -0.2) is 0 Å². The van der Waals surface area contributed by atoms with Crippen LogP contribution in [0.3, 0.4) is 0 Å². The van der Waals surface area contributed by atoms with E-state index in [0.717, 1.165) is 16.7 Å². The molecule has 0 heterocycles. The van der Waals surface area contributed by atoms with Gasteiger partial charge in [0.2, 0.25) is 0 Å². The maximum atomic E-state index is 10.4. The van der Waals surface area contributed by atoms with Gasteiger partial charge < -0.3 is 5.11 Å². The standard InChI is InChI=1S/C18H21NO.2ClH.Ti/c1-13-10-15(18(2,3)4)17(20)16(11-13)19-12-14-8-6-5-7-9-14;;;/h5-12,20H,1-4H3;2*1H;/q;;;+2/p-2. The fourth-order valence-corrected chi connectivity index (χ4v) is 2.11. The van der Waals surface area contributed by atoms with E-state index in [-0.39, 0.29) is 11.2 Å². The van der Waals surface area contributed by atoms with Crippen LogP contribution >= 0.6 is 18.6 Å². The topological polar surface area (TPSA) is 32.6 Å². The molecule has 0 amide bonds. The Labute approximate surface area is 155 Å². The average Bonchev–Trinajstić information content (AvgIpc) is 2.48. The Hall–Kier alpha value is -0.796. The molecule has 0 aliphatic heterocycles. The van der Waals surface area contributed by atoms with Crippen LogP contribution in [-0.2, 0) is 22.4 Å². The number of hydrogen-bond donors (Lipinski definition) is 1. The number of phenols is 1. The van der Waals surface area contributed by atoms with Crippen LogP contribution in [0, 0.1) is 6.92 Å². The summed E-state index contributed by atoms with van der Waals surface area (Å²) in [6.07, 6.45) is 1.78. The molecule has 2 aromatic rings. The molecule has 2 aromatic carbocycles. The Morgan fingerprint density at radius 1 is 1.09 bits per heavy atom. The number of rotatable bonds is 2. The van der Waals surface area contributed by atoms with Crippen LogP contribution in [0.15, 0.2) is 47.5 Å². The van der Waals surface area contributed by atoms with Gasteiger partial charge >= 0.3 is 35.6 Å². The van der Waals surface area contributed by atoms with E-state index < -0.39 is 17.0 Å².